The molecule has 0 unspecified atom stereocenters. The Kier molecular flexibility index (Phi) is 5.74. The van der Waals surface area contributed by atoms with Crippen LogP contribution in [0.5, 0.6) is 5.75 Å². The predicted molar refractivity (Wildman–Crippen MR) is 107 cm³/mol. The molecule has 3 aromatic rings. The molecule has 3 heterocycles. The smallest absolute Gasteiger partial charge is 0.277 e. The van der Waals surface area contributed by atoms with Gasteiger partial charge in [0.2, 0.25) is 0 Å². The van der Waals surface area contributed by atoms with Gasteiger partial charge < -0.3 is 4.74 Å². The van der Waals surface area contributed by atoms with Gasteiger partial charge in [0.15, 0.2) is 0 Å². The standard InChI is InChI=1S/C18H11B2Cl2F2N3O2/c1-8-6-25-14(21)5-12(8)27-9(2)3-13(15(22)17(27)28)29-18(19,20)16-11(24)4-10(23)7-26-16/h3-7H,1-2H3. The van der Waals surface area contributed by atoms with E-state index in [1.54, 1.807) is 13.8 Å². The number of pyridine rings is 3. The molecule has 3 aromatic heterocycles. The van der Waals surface area contributed by atoms with Gasteiger partial charge >= 0.3 is 0 Å². The number of aryl methyl sites for hydroxylation is 2. The number of hydrogen-bond donors (Lipinski definition) is 0. The number of hydrogen-bond acceptors (Lipinski definition) is 4. The first-order valence-electron chi connectivity index (χ1n) is 8.14. The predicted octanol–water partition coefficient (Wildman–Crippen LogP) is 3.36. The van der Waals surface area contributed by atoms with Crippen LogP contribution >= 0.6 is 23.2 Å². The van der Waals surface area contributed by atoms with Crippen molar-refractivity contribution in [2.75, 3.05) is 0 Å². The van der Waals surface area contributed by atoms with E-state index in [0.29, 0.717) is 23.0 Å². The van der Waals surface area contributed by atoms with Gasteiger partial charge in [0.25, 0.3) is 5.56 Å². The maximum Gasteiger partial charge on any atom is 0.277 e. The summed E-state index contributed by atoms with van der Waals surface area (Å²) >= 11 is 12.1. The van der Waals surface area contributed by atoms with Crippen molar-refractivity contribution >= 4 is 38.9 Å². The van der Waals surface area contributed by atoms with Gasteiger partial charge in [0.05, 0.1) is 17.3 Å². The maximum absolute atomic E-state index is 14.0. The number of rotatable bonds is 4. The van der Waals surface area contributed by atoms with E-state index in [2.05, 4.69) is 9.97 Å². The van der Waals surface area contributed by atoms with Crippen molar-refractivity contribution in [3.8, 4) is 11.4 Å². The van der Waals surface area contributed by atoms with Crippen LogP contribution in [0.3, 0.4) is 0 Å². The molecule has 0 aliphatic carbocycles. The first kappa shape index (κ1) is 21.3. The zero-order chi connectivity index (χ0) is 21.5. The molecular formula is C18H11B2Cl2F2N3O2. The monoisotopic (exact) mass is 431 g/mol. The Balaban J connectivity index is 2.09. The Labute approximate surface area is 177 Å². The first-order chi connectivity index (χ1) is 13.5. The number of halogens is 4. The van der Waals surface area contributed by atoms with E-state index in [1.807, 2.05) is 0 Å². The zero-order valence-electron chi connectivity index (χ0n) is 15.2. The molecule has 0 saturated carbocycles. The summed E-state index contributed by atoms with van der Waals surface area (Å²) in [4.78, 5) is 20.4. The highest BCUT2D eigenvalue weighted by Crippen LogP contribution is 2.30. The fraction of sp³-hybridized carbons (Fsp3) is 0.167. The first-order valence-corrected chi connectivity index (χ1v) is 8.90. The Bertz CT molecular complexity index is 1170. The van der Waals surface area contributed by atoms with Crippen LogP contribution in [0.2, 0.25) is 10.2 Å². The van der Waals surface area contributed by atoms with Gasteiger partial charge in [-0.15, -0.1) is 0 Å². The van der Waals surface area contributed by atoms with E-state index in [0.717, 1.165) is 6.20 Å². The fourth-order valence-corrected chi connectivity index (χ4v) is 3.05. The summed E-state index contributed by atoms with van der Waals surface area (Å²) in [5.74, 6) is -2.22. The van der Waals surface area contributed by atoms with Crippen LogP contribution in [0, 0.1) is 25.5 Å². The average Bonchev–Trinajstić information content (AvgIpc) is 2.62. The minimum atomic E-state index is -2.32. The van der Waals surface area contributed by atoms with Crippen LogP contribution in [0.25, 0.3) is 5.69 Å². The highest BCUT2D eigenvalue weighted by atomic mass is 35.5. The molecule has 0 aliphatic heterocycles. The maximum atomic E-state index is 14.0. The summed E-state index contributed by atoms with van der Waals surface area (Å²) < 4.78 is 33.8. The molecule has 0 saturated heterocycles. The second-order valence-corrected chi connectivity index (χ2v) is 7.04. The van der Waals surface area contributed by atoms with E-state index in [1.165, 1.54) is 22.9 Å². The minimum Gasteiger partial charge on any atom is -0.499 e. The van der Waals surface area contributed by atoms with E-state index >= 15 is 0 Å². The van der Waals surface area contributed by atoms with Crippen molar-refractivity contribution in [1.29, 1.82) is 0 Å². The normalized spacial score (nSPS) is 11.5. The molecule has 0 amide bonds. The molecule has 0 N–H and O–H groups in total. The molecule has 0 fully saturated rings. The van der Waals surface area contributed by atoms with Crippen LogP contribution in [-0.4, -0.2) is 30.2 Å². The number of nitrogens with zero attached hydrogens (tertiary/aromatic N) is 3. The fourth-order valence-electron chi connectivity index (χ4n) is 2.72. The second kappa shape index (κ2) is 7.80. The lowest BCUT2D eigenvalue weighted by Crippen LogP contribution is -2.37. The third-order valence-corrected chi connectivity index (χ3v) is 4.59. The lowest BCUT2D eigenvalue weighted by Gasteiger charge is -2.28. The molecule has 5 nitrogen and oxygen atoms in total. The second-order valence-electron chi connectivity index (χ2n) is 6.28. The van der Waals surface area contributed by atoms with E-state index < -0.39 is 28.3 Å². The van der Waals surface area contributed by atoms with Crippen molar-refractivity contribution in [3.63, 3.8) is 0 Å². The SMILES string of the molecule is [B]C([B])(Oc1cc(C)n(-c2cc(Cl)ncc2C)c(=O)c1Cl)c1ncc(F)cc1F. The Morgan fingerprint density at radius 2 is 1.79 bits per heavy atom. The number of aromatic nitrogens is 3. The van der Waals surface area contributed by atoms with Crippen LogP contribution < -0.4 is 10.3 Å². The van der Waals surface area contributed by atoms with Gasteiger partial charge in [-0.1, -0.05) is 23.2 Å². The Hall–Kier alpha value is -2.38. The van der Waals surface area contributed by atoms with Crippen LogP contribution in [0.1, 0.15) is 17.0 Å². The van der Waals surface area contributed by atoms with Crippen LogP contribution in [0.15, 0.2) is 35.4 Å². The molecule has 11 heteroatoms. The molecule has 0 atom stereocenters. The summed E-state index contributed by atoms with van der Waals surface area (Å²) in [6, 6.07) is 3.46. The van der Waals surface area contributed by atoms with Crippen molar-refractivity contribution in [2.24, 2.45) is 0 Å². The third kappa shape index (κ3) is 4.16. The summed E-state index contributed by atoms with van der Waals surface area (Å²) in [7, 11) is 11.6. The van der Waals surface area contributed by atoms with Gasteiger partial charge in [0, 0.05) is 24.0 Å². The molecule has 0 aromatic carbocycles. The molecule has 29 heavy (non-hydrogen) atoms. The van der Waals surface area contributed by atoms with E-state index in [9.17, 15) is 13.6 Å². The quantitative estimate of drug-likeness (QED) is 0.469. The van der Waals surface area contributed by atoms with Crippen LogP contribution in [-0.2, 0) is 5.40 Å². The van der Waals surface area contributed by atoms with Gasteiger partial charge in [-0.25, -0.2) is 13.8 Å². The zero-order valence-corrected chi connectivity index (χ0v) is 16.7. The molecule has 3 rings (SSSR count). The summed E-state index contributed by atoms with van der Waals surface area (Å²) in [5.41, 5.74) is 0.347. The van der Waals surface area contributed by atoms with Gasteiger partial charge in [-0.3, -0.25) is 14.3 Å². The molecule has 0 spiro atoms. The molecule has 4 radical (unpaired) electrons. The topological polar surface area (TPSA) is 57.0 Å². The molecule has 144 valence electrons. The highest BCUT2D eigenvalue weighted by Gasteiger charge is 2.29. The van der Waals surface area contributed by atoms with Crippen molar-refractivity contribution in [1.82, 2.24) is 14.5 Å². The molecule has 0 aliphatic rings. The van der Waals surface area contributed by atoms with Crippen LogP contribution in [0.4, 0.5) is 8.78 Å². The summed E-state index contributed by atoms with van der Waals surface area (Å²) in [6.45, 7) is 3.36. The van der Waals surface area contributed by atoms with E-state index in [-0.39, 0.29) is 15.9 Å². The largest absolute Gasteiger partial charge is 0.499 e. The van der Waals surface area contributed by atoms with Gasteiger partial charge in [0.1, 0.15) is 48.9 Å². The lowest BCUT2D eigenvalue weighted by molar-refractivity contribution is 0.232. The van der Waals surface area contributed by atoms with Crippen molar-refractivity contribution < 1.29 is 13.5 Å². The Morgan fingerprint density at radius 3 is 2.45 bits per heavy atom. The molecule has 0 bridgehead atoms. The highest BCUT2D eigenvalue weighted by molar-refractivity contribution is 6.39. The minimum absolute atomic E-state index is 0.189. The average molecular weight is 432 g/mol. The summed E-state index contributed by atoms with van der Waals surface area (Å²) in [5, 5.41) is -2.48. The number of ether oxygens (including phenoxy) is 1. The van der Waals surface area contributed by atoms with Gasteiger partial charge in [-0.2, -0.15) is 0 Å². The Morgan fingerprint density at radius 1 is 1.10 bits per heavy atom. The van der Waals surface area contributed by atoms with Crippen molar-refractivity contribution in [2.45, 2.75) is 19.2 Å². The lowest BCUT2D eigenvalue weighted by atomic mass is 9.62. The molecular weight excluding hydrogens is 421 g/mol. The van der Waals surface area contributed by atoms with E-state index in [4.69, 9.17) is 43.6 Å². The van der Waals surface area contributed by atoms with Gasteiger partial charge in [-0.05, 0) is 25.5 Å². The van der Waals surface area contributed by atoms with Crippen molar-refractivity contribution in [3.05, 3.63) is 79.7 Å². The third-order valence-electron chi connectivity index (χ3n) is 4.04. The summed E-state index contributed by atoms with van der Waals surface area (Å²) in [6.07, 6.45) is 2.24.